The molecule has 35 heteroatoms. The number of nitrogens with one attached hydrogen (secondary N) is 9. The second-order valence-corrected chi connectivity index (χ2v) is 26.0. The fraction of sp³-hybridized carbons (Fsp3) is 0.562. The lowest BCUT2D eigenvalue weighted by molar-refractivity contribution is -0.148. The lowest BCUT2D eigenvalue weighted by Gasteiger charge is -2.34. The Labute approximate surface area is 574 Å². The van der Waals surface area contributed by atoms with Crippen LogP contribution >= 0.6 is 11.8 Å². The molecule has 4 heterocycles. The van der Waals surface area contributed by atoms with E-state index in [-0.39, 0.29) is 74.3 Å². The van der Waals surface area contributed by atoms with Crippen LogP contribution in [0.1, 0.15) is 95.4 Å². The zero-order chi connectivity index (χ0) is 72.8. The van der Waals surface area contributed by atoms with Gasteiger partial charge in [-0.1, -0.05) is 38.1 Å². The number of phenolic OH excluding ortho intramolecular Hbond substituents is 2. The molecule has 542 valence electrons. The molecular formula is C64H91N15O19S. The van der Waals surface area contributed by atoms with Crippen LogP contribution in [-0.4, -0.2) is 256 Å². The zero-order valence-corrected chi connectivity index (χ0v) is 56.2. The highest BCUT2D eigenvalue weighted by Gasteiger charge is 2.46. The van der Waals surface area contributed by atoms with Crippen LogP contribution in [0, 0.1) is 5.92 Å². The number of likely N-dealkylation sites (tertiary alicyclic amines) is 3. The number of imidazole rings is 1. The smallest absolute Gasteiger partial charge is 0.326 e. The number of carboxylic acids is 1. The van der Waals surface area contributed by atoms with Crippen molar-refractivity contribution >= 4 is 88.6 Å². The Morgan fingerprint density at radius 1 is 0.566 bits per heavy atom. The van der Waals surface area contributed by atoms with Crippen LogP contribution in [0.15, 0.2) is 61.1 Å². The number of carbonyl (C=O) groups is 13. The fourth-order valence-corrected chi connectivity index (χ4v) is 12.2. The Hall–Kier alpha value is -9.45. The number of carbonyl (C=O) groups excluding carboxylic acids is 12. The number of nitrogens with zero attached hydrogens (tertiary/aromatic N) is 4. The molecule has 19 N–H and O–H groups in total. The average Bonchev–Trinajstić information content (AvgIpc) is 1.69. The number of aliphatic carboxylic acids is 1. The average molecular weight is 1410 g/mol. The number of aliphatic hydroxyl groups excluding tert-OH is 3. The highest BCUT2D eigenvalue weighted by molar-refractivity contribution is 7.98. The zero-order valence-electron chi connectivity index (χ0n) is 55.4. The van der Waals surface area contributed by atoms with E-state index in [4.69, 9.17) is 11.5 Å². The van der Waals surface area contributed by atoms with Crippen molar-refractivity contribution in [1.82, 2.24) is 67.2 Å². The molecule has 99 heavy (non-hydrogen) atoms. The summed E-state index contributed by atoms with van der Waals surface area (Å²) in [6.45, 7) is 3.05. The van der Waals surface area contributed by atoms with Crippen molar-refractivity contribution < 1.29 is 93.0 Å². The third-order valence-electron chi connectivity index (χ3n) is 17.3. The van der Waals surface area contributed by atoms with Gasteiger partial charge in [0.25, 0.3) is 0 Å². The van der Waals surface area contributed by atoms with Gasteiger partial charge in [-0.2, -0.15) is 11.8 Å². The van der Waals surface area contributed by atoms with Gasteiger partial charge in [-0.15, -0.1) is 0 Å². The van der Waals surface area contributed by atoms with Gasteiger partial charge in [0.05, 0.1) is 31.7 Å². The van der Waals surface area contributed by atoms with E-state index in [0.29, 0.717) is 49.0 Å². The Bertz CT molecular complexity index is 3330. The number of aromatic hydroxyl groups is 2. The van der Waals surface area contributed by atoms with Crippen LogP contribution in [-0.2, 0) is 81.6 Å². The number of rotatable bonds is 36. The van der Waals surface area contributed by atoms with Gasteiger partial charge in [0.2, 0.25) is 70.9 Å². The van der Waals surface area contributed by atoms with E-state index in [9.17, 15) is 93.0 Å². The summed E-state index contributed by atoms with van der Waals surface area (Å²) in [5, 5.41) is 80.7. The van der Waals surface area contributed by atoms with E-state index in [1.54, 1.807) is 6.26 Å². The molecule has 0 radical (unpaired) electrons. The predicted molar refractivity (Wildman–Crippen MR) is 353 cm³/mol. The molecule has 3 saturated heterocycles. The Kier molecular flexibility index (Phi) is 29.7. The molecule has 2 aromatic carbocycles. The molecule has 13 atom stereocenters. The minimum absolute atomic E-state index is 0.0449. The number of H-pyrrole nitrogens is 1. The molecule has 3 aliphatic rings. The van der Waals surface area contributed by atoms with Crippen LogP contribution in [0.25, 0.3) is 0 Å². The van der Waals surface area contributed by atoms with Crippen LogP contribution in [0.5, 0.6) is 11.5 Å². The predicted octanol–water partition coefficient (Wildman–Crippen LogP) is -4.85. The monoisotopic (exact) mass is 1410 g/mol. The molecular weight excluding hydrogens is 1310 g/mol. The normalized spacial score (nSPS) is 19.0. The largest absolute Gasteiger partial charge is 0.508 e. The minimum atomic E-state index is -1.95. The standard InChI is InChI=1S/C64H91N15O19S/c1-33(2)51(66)63(96)79-24-7-10-49(79)62(95)78-23-6-9-48(78)59(92)72-43(28-37-29-67-32-68-37)61(94)77-22-5-8-47(77)58(91)70-41(21-25-99-4)54(87)76-52(34(3)82)60(93)71-42(26-35-11-15-38(83)16-12-35)55(88)74-46(31-81)57(90)75-45(30-80)56(89)69-40(19-20-50(65)85)53(86)73-44(64(97)98)27-36-13-17-39(84)18-14-36/h11-18,29,32-34,40-49,51-52,80-84H,5-10,19-28,30-31,66H2,1-4H3,(H2,65,85)(H,67,68)(H,69,89)(H,70,91)(H,71,93)(H,72,92)(H,73,86)(H,74,88)(H,75,90)(H,76,87)(H,97,98)/t34-,40+,41+,42+,43+,44+,45+,46+,47+,48+,49+,51+,52+/m1/s1. The molecule has 3 aromatic rings. The third-order valence-corrected chi connectivity index (χ3v) is 18.0. The molecule has 3 aliphatic heterocycles. The van der Waals surface area contributed by atoms with Gasteiger partial charge in [-0.3, -0.25) is 57.5 Å². The van der Waals surface area contributed by atoms with Crippen LogP contribution in [0.3, 0.4) is 0 Å². The van der Waals surface area contributed by atoms with Crippen molar-refractivity contribution in [2.45, 2.75) is 176 Å². The summed E-state index contributed by atoms with van der Waals surface area (Å²) in [7, 11) is 0. The molecule has 0 aliphatic carbocycles. The maximum Gasteiger partial charge on any atom is 0.326 e. The quantitative estimate of drug-likeness (QED) is 0.0260. The number of carboxylic acid groups (broad SMARTS) is 1. The van der Waals surface area contributed by atoms with Crippen molar-refractivity contribution in [3.63, 3.8) is 0 Å². The number of amides is 12. The highest BCUT2D eigenvalue weighted by Crippen LogP contribution is 2.28. The number of primary amides is 1. The molecule has 6 rings (SSSR count). The first kappa shape index (κ1) is 78.5. The fourth-order valence-electron chi connectivity index (χ4n) is 11.7. The number of thioether (sulfide) groups is 1. The molecule has 3 fully saturated rings. The second kappa shape index (κ2) is 37.5. The summed E-state index contributed by atoms with van der Waals surface area (Å²) >= 11 is 1.30. The first-order chi connectivity index (χ1) is 47.0. The first-order valence-corrected chi connectivity index (χ1v) is 34.0. The number of hydrogen-bond donors (Lipinski definition) is 17. The lowest BCUT2D eigenvalue weighted by Crippen LogP contribution is -2.62. The number of aliphatic hydroxyl groups is 3. The molecule has 1 aromatic heterocycles. The van der Waals surface area contributed by atoms with E-state index in [1.807, 2.05) is 13.8 Å². The van der Waals surface area contributed by atoms with Crippen molar-refractivity contribution in [2.24, 2.45) is 17.4 Å². The molecule has 34 nitrogen and oxygen atoms in total. The van der Waals surface area contributed by atoms with Crippen LogP contribution in [0.2, 0.25) is 0 Å². The molecule has 0 bridgehead atoms. The van der Waals surface area contributed by atoms with E-state index in [2.05, 4.69) is 52.5 Å². The maximum atomic E-state index is 14.8. The van der Waals surface area contributed by atoms with Crippen molar-refractivity contribution in [3.8, 4) is 11.5 Å². The number of aromatic nitrogens is 2. The van der Waals surface area contributed by atoms with Crippen molar-refractivity contribution in [2.75, 3.05) is 44.9 Å². The minimum Gasteiger partial charge on any atom is -0.508 e. The Morgan fingerprint density at radius 3 is 1.51 bits per heavy atom. The summed E-state index contributed by atoms with van der Waals surface area (Å²) in [4.78, 5) is 190. The highest BCUT2D eigenvalue weighted by atomic mass is 32.2. The summed E-state index contributed by atoms with van der Waals surface area (Å²) in [6.07, 6.45) is 3.19. The van der Waals surface area contributed by atoms with Gasteiger partial charge in [0.1, 0.15) is 78.0 Å². The van der Waals surface area contributed by atoms with Gasteiger partial charge in [-0.05, 0) is 112 Å². The van der Waals surface area contributed by atoms with Crippen molar-refractivity contribution in [3.05, 3.63) is 77.9 Å². The third kappa shape index (κ3) is 22.3. The SMILES string of the molecule is CSCC[C@H](NC(=O)[C@@H]1CCCN1C(=O)[C@H](Cc1cnc[nH]1)NC(=O)[C@@H]1CCCN1C(=O)[C@@H]1CCCN1C(=O)[C@@H](N)C(C)C)C(=O)N[C@H](C(=O)N[C@@H](Cc1ccc(O)cc1)C(=O)N[C@@H](CO)C(=O)N[C@@H](CO)C(=O)N[C@@H](CCC(N)=O)C(=O)N[C@@H](Cc1ccc(O)cc1)C(=O)O)[C@@H](C)O. The number of phenols is 2. The van der Waals surface area contributed by atoms with Gasteiger partial charge in [0.15, 0.2) is 0 Å². The summed E-state index contributed by atoms with van der Waals surface area (Å²) in [6, 6.07) is -6.60. The number of nitrogens with two attached hydrogens (primary N) is 2. The van der Waals surface area contributed by atoms with E-state index in [1.165, 1.54) is 87.5 Å². The van der Waals surface area contributed by atoms with Gasteiger partial charge in [0, 0.05) is 57.2 Å². The van der Waals surface area contributed by atoms with E-state index in [0.717, 1.165) is 6.92 Å². The molecule has 12 amide bonds. The first-order valence-electron chi connectivity index (χ1n) is 32.6. The summed E-state index contributed by atoms with van der Waals surface area (Å²) in [5.74, 6) is -12.4. The van der Waals surface area contributed by atoms with E-state index < -0.39 is 182 Å². The molecule has 0 spiro atoms. The number of benzene rings is 2. The summed E-state index contributed by atoms with van der Waals surface area (Å²) < 4.78 is 0. The van der Waals surface area contributed by atoms with Gasteiger partial charge in [-0.25, -0.2) is 9.78 Å². The topological polar surface area (TPSA) is 530 Å². The lowest BCUT2D eigenvalue weighted by atomic mass is 10.0. The number of aromatic amines is 1. The van der Waals surface area contributed by atoms with Crippen LogP contribution in [0.4, 0.5) is 0 Å². The molecule has 0 unspecified atom stereocenters. The summed E-state index contributed by atoms with van der Waals surface area (Å²) in [5.41, 5.74) is 12.7. The maximum absolute atomic E-state index is 14.8. The van der Waals surface area contributed by atoms with E-state index >= 15 is 0 Å². The van der Waals surface area contributed by atoms with Gasteiger partial charge >= 0.3 is 5.97 Å². The Morgan fingerprint density at radius 2 is 1.01 bits per heavy atom. The number of hydrogen-bond acceptors (Lipinski definition) is 21. The molecule has 0 saturated carbocycles. The Balaban J connectivity index is 1.13. The van der Waals surface area contributed by atoms with Crippen molar-refractivity contribution in [1.29, 1.82) is 0 Å². The van der Waals surface area contributed by atoms with Crippen LogP contribution < -0.4 is 54.0 Å². The van der Waals surface area contributed by atoms with Gasteiger partial charge < -0.3 is 104 Å². The second-order valence-electron chi connectivity index (χ2n) is 25.0.